The lowest BCUT2D eigenvalue weighted by Gasteiger charge is -2.17. The van der Waals surface area contributed by atoms with Crippen LogP contribution in [-0.4, -0.2) is 9.97 Å². The molecule has 0 spiro atoms. The van der Waals surface area contributed by atoms with Crippen molar-refractivity contribution in [3.05, 3.63) is 206 Å². The van der Waals surface area contributed by atoms with Gasteiger partial charge in [-0.3, -0.25) is 0 Å². The monoisotopic (exact) mass is 766 g/mol. The van der Waals surface area contributed by atoms with Crippen LogP contribution in [0.5, 0.6) is 0 Å². The highest BCUT2D eigenvalue weighted by atomic mass is 32.1. The van der Waals surface area contributed by atoms with Crippen LogP contribution < -0.4 is 0 Å². The molecule has 0 unspecified atom stereocenters. The van der Waals surface area contributed by atoms with Crippen LogP contribution in [0.25, 0.3) is 119 Å². The number of nitrogens with zero attached hydrogens (tertiary/aromatic N) is 2. The molecule has 0 atom stereocenters. The summed E-state index contributed by atoms with van der Waals surface area (Å²) in [6.07, 6.45) is 0. The van der Waals surface area contributed by atoms with Gasteiger partial charge in [-0.25, -0.2) is 9.97 Å². The van der Waals surface area contributed by atoms with Crippen LogP contribution in [0.15, 0.2) is 206 Å². The Hall–Kier alpha value is -7.46. The number of hydrogen-bond donors (Lipinski definition) is 0. The molecule has 0 amide bonds. The molecule has 3 heteroatoms. The molecule has 0 saturated carbocycles. The summed E-state index contributed by atoms with van der Waals surface area (Å²) < 4.78 is 2.54. The Bertz CT molecular complexity index is 3600. The van der Waals surface area contributed by atoms with Gasteiger partial charge in [0.25, 0.3) is 0 Å². The van der Waals surface area contributed by atoms with E-state index in [0.29, 0.717) is 5.82 Å². The second-order valence-corrected chi connectivity index (χ2v) is 16.3. The Labute approximate surface area is 345 Å². The zero-order chi connectivity index (χ0) is 38.9. The van der Waals surface area contributed by atoms with Crippen molar-refractivity contribution in [1.29, 1.82) is 0 Å². The highest BCUT2D eigenvalue weighted by molar-refractivity contribution is 7.25. The molecule has 0 fully saturated rings. The molecule has 274 valence electrons. The van der Waals surface area contributed by atoms with Crippen molar-refractivity contribution in [3.8, 4) is 56.2 Å². The Morgan fingerprint density at radius 1 is 0.305 bits per heavy atom. The van der Waals surface area contributed by atoms with Crippen molar-refractivity contribution in [2.75, 3.05) is 0 Å². The highest BCUT2D eigenvalue weighted by Crippen LogP contribution is 2.44. The largest absolute Gasteiger partial charge is 0.228 e. The van der Waals surface area contributed by atoms with Gasteiger partial charge in [-0.2, -0.15) is 0 Å². The molecule has 0 aliphatic carbocycles. The standard InChI is InChI=1S/C56H34N2S/c1-2-14-38(15-3-1)56-57-50(34-51(58-56)47-22-12-24-53-55(47)48-21-10-11-23-52(48)59-53)37-27-25-36(26-28-37)41-31-32-45(44-20-9-8-19-43(41)44)54-42-18-7-5-16-39(42)33-49-40-17-6-4-13-35(40)29-30-46(49)54/h1-34H. The first kappa shape index (κ1) is 33.7. The van der Waals surface area contributed by atoms with E-state index in [9.17, 15) is 0 Å². The van der Waals surface area contributed by atoms with Crippen LogP contribution in [0.1, 0.15) is 0 Å². The molecule has 0 saturated heterocycles. The Morgan fingerprint density at radius 3 is 1.76 bits per heavy atom. The lowest BCUT2D eigenvalue weighted by molar-refractivity contribution is 1.19. The first-order valence-electron chi connectivity index (χ1n) is 20.1. The third kappa shape index (κ3) is 5.55. The average molecular weight is 767 g/mol. The summed E-state index contributed by atoms with van der Waals surface area (Å²) in [6, 6.07) is 74.6. The van der Waals surface area contributed by atoms with Crippen molar-refractivity contribution in [2.45, 2.75) is 0 Å². The van der Waals surface area contributed by atoms with Gasteiger partial charge in [-0.15, -0.1) is 11.3 Å². The fourth-order valence-electron chi connectivity index (χ4n) is 9.14. The molecule has 0 bridgehead atoms. The topological polar surface area (TPSA) is 25.8 Å². The number of rotatable bonds is 5. The van der Waals surface area contributed by atoms with Crippen LogP contribution in [0.4, 0.5) is 0 Å². The smallest absolute Gasteiger partial charge is 0.160 e. The van der Waals surface area contributed by atoms with Gasteiger partial charge < -0.3 is 0 Å². The lowest BCUT2D eigenvalue weighted by atomic mass is 9.86. The van der Waals surface area contributed by atoms with Crippen LogP contribution in [-0.2, 0) is 0 Å². The third-order valence-corrected chi connectivity index (χ3v) is 13.0. The molecule has 0 radical (unpaired) electrons. The second kappa shape index (κ2) is 13.6. The zero-order valence-corrected chi connectivity index (χ0v) is 32.7. The van der Waals surface area contributed by atoms with Gasteiger partial charge in [0.1, 0.15) is 0 Å². The first-order valence-corrected chi connectivity index (χ1v) is 20.9. The molecule has 0 aliphatic rings. The summed E-state index contributed by atoms with van der Waals surface area (Å²) >= 11 is 1.83. The van der Waals surface area contributed by atoms with Crippen molar-refractivity contribution >= 4 is 74.6 Å². The maximum atomic E-state index is 5.21. The molecular weight excluding hydrogens is 733 g/mol. The minimum atomic E-state index is 0.717. The van der Waals surface area contributed by atoms with Crippen molar-refractivity contribution in [1.82, 2.24) is 9.97 Å². The van der Waals surface area contributed by atoms with Crippen LogP contribution in [0.2, 0.25) is 0 Å². The third-order valence-electron chi connectivity index (χ3n) is 11.9. The first-order chi connectivity index (χ1) is 29.2. The van der Waals surface area contributed by atoms with Gasteiger partial charge in [-0.05, 0) is 89.6 Å². The quantitative estimate of drug-likeness (QED) is 0.129. The van der Waals surface area contributed by atoms with E-state index in [2.05, 4.69) is 188 Å². The summed E-state index contributed by atoms with van der Waals surface area (Å²) in [7, 11) is 0. The predicted octanol–water partition coefficient (Wildman–Crippen LogP) is 15.8. The Balaban J connectivity index is 1.000. The van der Waals surface area contributed by atoms with E-state index < -0.39 is 0 Å². The molecule has 12 aromatic rings. The SMILES string of the molecule is c1ccc(-c2nc(-c3ccc(-c4ccc(-c5c6ccccc6cc6c5ccc5ccccc56)c5ccccc45)cc3)cc(-c3cccc4sc5ccccc5c34)n2)cc1. The van der Waals surface area contributed by atoms with E-state index in [0.717, 1.165) is 33.6 Å². The molecular formula is C56H34N2S. The van der Waals surface area contributed by atoms with E-state index in [1.54, 1.807) is 0 Å². The van der Waals surface area contributed by atoms with Gasteiger partial charge >= 0.3 is 0 Å². The maximum absolute atomic E-state index is 5.21. The molecule has 10 aromatic carbocycles. The van der Waals surface area contributed by atoms with E-state index in [1.165, 1.54) is 80.0 Å². The molecule has 0 aliphatic heterocycles. The number of benzene rings is 10. The summed E-state index contributed by atoms with van der Waals surface area (Å²) in [5.74, 6) is 0.717. The summed E-state index contributed by atoms with van der Waals surface area (Å²) in [6.45, 7) is 0. The minimum Gasteiger partial charge on any atom is -0.228 e. The molecule has 2 nitrogen and oxygen atoms in total. The van der Waals surface area contributed by atoms with E-state index >= 15 is 0 Å². The molecule has 2 heterocycles. The van der Waals surface area contributed by atoms with Crippen molar-refractivity contribution in [2.24, 2.45) is 0 Å². The molecule has 2 aromatic heterocycles. The highest BCUT2D eigenvalue weighted by Gasteiger charge is 2.18. The number of fused-ring (bicyclic) bond motifs is 8. The molecule has 12 rings (SSSR count). The zero-order valence-electron chi connectivity index (χ0n) is 31.9. The second-order valence-electron chi connectivity index (χ2n) is 15.2. The normalized spacial score (nSPS) is 11.7. The van der Waals surface area contributed by atoms with Crippen LogP contribution in [0.3, 0.4) is 0 Å². The number of aromatic nitrogens is 2. The molecule has 59 heavy (non-hydrogen) atoms. The summed E-state index contributed by atoms with van der Waals surface area (Å²) in [5, 5.41) is 12.6. The van der Waals surface area contributed by atoms with Crippen LogP contribution in [0, 0.1) is 0 Å². The van der Waals surface area contributed by atoms with Crippen molar-refractivity contribution in [3.63, 3.8) is 0 Å². The van der Waals surface area contributed by atoms with E-state index in [-0.39, 0.29) is 0 Å². The lowest BCUT2D eigenvalue weighted by Crippen LogP contribution is -1.96. The number of hydrogen-bond acceptors (Lipinski definition) is 3. The fourth-order valence-corrected chi connectivity index (χ4v) is 10.3. The summed E-state index contributed by atoms with van der Waals surface area (Å²) in [5.41, 5.74) is 9.87. The minimum absolute atomic E-state index is 0.717. The Morgan fingerprint density at radius 2 is 0.932 bits per heavy atom. The fraction of sp³-hybridized carbons (Fsp3) is 0. The van der Waals surface area contributed by atoms with Gasteiger partial charge in [0.15, 0.2) is 5.82 Å². The van der Waals surface area contributed by atoms with Gasteiger partial charge in [-0.1, -0.05) is 182 Å². The summed E-state index contributed by atoms with van der Waals surface area (Å²) in [4.78, 5) is 10.4. The predicted molar refractivity (Wildman–Crippen MR) is 252 cm³/mol. The molecule has 0 N–H and O–H groups in total. The van der Waals surface area contributed by atoms with Gasteiger partial charge in [0, 0.05) is 36.9 Å². The van der Waals surface area contributed by atoms with Crippen LogP contribution >= 0.6 is 11.3 Å². The van der Waals surface area contributed by atoms with E-state index in [1.807, 2.05) is 29.5 Å². The van der Waals surface area contributed by atoms with Gasteiger partial charge in [0.05, 0.1) is 11.4 Å². The Kier molecular flexibility index (Phi) is 7.75. The number of thiophene rings is 1. The average Bonchev–Trinajstić information content (AvgIpc) is 3.70. The maximum Gasteiger partial charge on any atom is 0.160 e. The van der Waals surface area contributed by atoms with E-state index in [4.69, 9.17) is 9.97 Å². The van der Waals surface area contributed by atoms with Gasteiger partial charge in [0.2, 0.25) is 0 Å². The van der Waals surface area contributed by atoms with Crippen molar-refractivity contribution < 1.29 is 0 Å².